The molecule has 5 nitrogen and oxygen atoms in total. The van der Waals surface area contributed by atoms with Crippen molar-refractivity contribution in [2.45, 2.75) is 39.8 Å². The molecule has 3 aromatic rings. The first-order valence-electron chi connectivity index (χ1n) is 9.00. The lowest BCUT2D eigenvalue weighted by Crippen LogP contribution is -2.15. The summed E-state index contributed by atoms with van der Waals surface area (Å²) >= 11 is 0. The highest BCUT2D eigenvalue weighted by molar-refractivity contribution is 5.75. The average molecular weight is 351 g/mol. The number of aryl methyl sites for hydroxylation is 3. The molecule has 0 fully saturated rings. The number of para-hydroxylation sites is 2. The molecule has 0 atom stereocenters. The van der Waals surface area contributed by atoms with Gasteiger partial charge in [0.2, 0.25) is 6.41 Å². The molecule has 136 valence electrons. The first-order chi connectivity index (χ1) is 12.7. The molecular weight excluding hydrogens is 326 g/mol. The van der Waals surface area contributed by atoms with Crippen molar-refractivity contribution in [3.63, 3.8) is 0 Å². The van der Waals surface area contributed by atoms with Gasteiger partial charge in [0.1, 0.15) is 11.6 Å². The fraction of sp³-hybridized carbons (Fsp3) is 0.333. The van der Waals surface area contributed by atoms with Gasteiger partial charge in [-0.05, 0) is 56.0 Å². The smallest absolute Gasteiger partial charge is 0.207 e. The van der Waals surface area contributed by atoms with Crippen molar-refractivity contribution in [1.29, 1.82) is 0 Å². The SMILES string of the molecule is Cc1ccc(C)c(OCCCCn2c(CNC=O)nc3ccccc32)c1. The minimum absolute atomic E-state index is 0.442. The molecule has 0 aliphatic heterocycles. The van der Waals surface area contributed by atoms with E-state index >= 15 is 0 Å². The quantitative estimate of drug-likeness (QED) is 0.472. The number of hydrogen-bond acceptors (Lipinski definition) is 3. The van der Waals surface area contributed by atoms with Crippen LogP contribution < -0.4 is 10.1 Å². The number of imidazole rings is 1. The summed E-state index contributed by atoms with van der Waals surface area (Å²) in [5.74, 6) is 1.85. The van der Waals surface area contributed by atoms with Crippen LogP contribution in [0.3, 0.4) is 0 Å². The number of unbranched alkanes of at least 4 members (excludes halogenated alkanes) is 1. The predicted octanol–water partition coefficient (Wildman–Crippen LogP) is 3.76. The largest absolute Gasteiger partial charge is 0.493 e. The lowest BCUT2D eigenvalue weighted by molar-refractivity contribution is -0.109. The molecular formula is C21H25N3O2. The summed E-state index contributed by atoms with van der Waals surface area (Å²) in [6.45, 7) is 6.13. The Hall–Kier alpha value is -2.82. The van der Waals surface area contributed by atoms with Gasteiger partial charge in [-0.3, -0.25) is 4.79 Å². The number of hydrogen-bond donors (Lipinski definition) is 1. The van der Waals surface area contributed by atoms with E-state index in [1.54, 1.807) is 0 Å². The van der Waals surface area contributed by atoms with Gasteiger partial charge >= 0.3 is 0 Å². The fourth-order valence-electron chi connectivity index (χ4n) is 3.06. The molecule has 0 aliphatic carbocycles. The Balaban J connectivity index is 1.59. The van der Waals surface area contributed by atoms with E-state index in [2.05, 4.69) is 53.0 Å². The van der Waals surface area contributed by atoms with E-state index in [9.17, 15) is 4.79 Å². The van der Waals surface area contributed by atoms with Crippen LogP contribution in [0.2, 0.25) is 0 Å². The lowest BCUT2D eigenvalue weighted by Gasteiger charge is -2.11. The molecule has 0 bridgehead atoms. The number of benzene rings is 2. The Morgan fingerprint density at radius 3 is 2.85 bits per heavy atom. The number of carbonyl (C=O) groups is 1. The van der Waals surface area contributed by atoms with Gasteiger partial charge in [-0.1, -0.05) is 24.3 Å². The number of nitrogens with one attached hydrogen (secondary N) is 1. The van der Waals surface area contributed by atoms with Gasteiger partial charge in [-0.2, -0.15) is 0 Å². The number of carbonyl (C=O) groups excluding carboxylic acids is 1. The second-order valence-electron chi connectivity index (χ2n) is 6.49. The van der Waals surface area contributed by atoms with E-state index in [-0.39, 0.29) is 0 Å². The van der Waals surface area contributed by atoms with Crippen molar-refractivity contribution in [2.75, 3.05) is 6.61 Å². The molecule has 0 aliphatic rings. The average Bonchev–Trinajstić information content (AvgIpc) is 3.00. The van der Waals surface area contributed by atoms with E-state index in [4.69, 9.17) is 4.74 Å². The van der Waals surface area contributed by atoms with Crippen LogP contribution in [0.1, 0.15) is 29.8 Å². The third-order valence-electron chi connectivity index (χ3n) is 4.45. The number of ether oxygens (including phenoxy) is 1. The molecule has 3 rings (SSSR count). The fourth-order valence-corrected chi connectivity index (χ4v) is 3.06. The van der Waals surface area contributed by atoms with E-state index < -0.39 is 0 Å². The van der Waals surface area contributed by atoms with Crippen LogP contribution in [0.15, 0.2) is 42.5 Å². The maximum absolute atomic E-state index is 10.6. The topological polar surface area (TPSA) is 56.1 Å². The summed E-state index contributed by atoms with van der Waals surface area (Å²) < 4.78 is 8.12. The van der Waals surface area contributed by atoms with Gasteiger partial charge in [0.05, 0.1) is 24.2 Å². The highest BCUT2D eigenvalue weighted by Crippen LogP contribution is 2.20. The van der Waals surface area contributed by atoms with Crippen molar-refractivity contribution in [1.82, 2.24) is 14.9 Å². The molecule has 0 saturated carbocycles. The van der Waals surface area contributed by atoms with Crippen LogP contribution in [0.5, 0.6) is 5.75 Å². The Bertz CT molecular complexity index is 886. The summed E-state index contributed by atoms with van der Waals surface area (Å²) in [6, 6.07) is 14.3. The van der Waals surface area contributed by atoms with Gasteiger partial charge in [0.25, 0.3) is 0 Å². The Morgan fingerprint density at radius 2 is 2.00 bits per heavy atom. The molecule has 1 aromatic heterocycles. The summed E-state index contributed by atoms with van der Waals surface area (Å²) in [5.41, 5.74) is 4.44. The number of amides is 1. The first-order valence-corrected chi connectivity index (χ1v) is 9.00. The van der Waals surface area contributed by atoms with Crippen LogP contribution in [0.25, 0.3) is 11.0 Å². The van der Waals surface area contributed by atoms with Crippen molar-refractivity contribution >= 4 is 17.4 Å². The third-order valence-corrected chi connectivity index (χ3v) is 4.45. The number of nitrogens with zero attached hydrogens (tertiary/aromatic N) is 2. The minimum Gasteiger partial charge on any atom is -0.493 e. The molecule has 0 spiro atoms. The second kappa shape index (κ2) is 8.52. The Morgan fingerprint density at radius 1 is 1.15 bits per heavy atom. The molecule has 2 aromatic carbocycles. The van der Waals surface area contributed by atoms with Crippen LogP contribution in [-0.2, 0) is 17.9 Å². The Labute approximate surface area is 154 Å². The van der Waals surface area contributed by atoms with Crippen LogP contribution in [-0.4, -0.2) is 22.6 Å². The van der Waals surface area contributed by atoms with E-state index in [0.717, 1.165) is 42.0 Å². The molecule has 0 radical (unpaired) electrons. The van der Waals surface area contributed by atoms with Crippen molar-refractivity contribution in [2.24, 2.45) is 0 Å². The van der Waals surface area contributed by atoms with E-state index in [1.807, 2.05) is 18.2 Å². The summed E-state index contributed by atoms with van der Waals surface area (Å²) in [5, 5.41) is 2.71. The zero-order valence-corrected chi connectivity index (χ0v) is 15.4. The maximum atomic E-state index is 10.6. The molecule has 26 heavy (non-hydrogen) atoms. The van der Waals surface area contributed by atoms with Crippen molar-refractivity contribution in [3.05, 3.63) is 59.4 Å². The standard InChI is InChI=1S/C21H25N3O2/c1-16-9-10-17(2)20(13-16)26-12-6-5-11-24-19-8-4-3-7-18(19)23-21(24)14-22-15-25/h3-4,7-10,13,15H,5-6,11-12,14H2,1-2H3,(H,22,25). The zero-order chi connectivity index (χ0) is 18.4. The van der Waals surface area contributed by atoms with Gasteiger partial charge in [-0.25, -0.2) is 4.98 Å². The summed E-state index contributed by atoms with van der Waals surface area (Å²) in [6.07, 6.45) is 2.65. The van der Waals surface area contributed by atoms with Gasteiger partial charge in [0, 0.05) is 6.54 Å². The zero-order valence-electron chi connectivity index (χ0n) is 15.4. The van der Waals surface area contributed by atoms with E-state index in [1.165, 1.54) is 11.1 Å². The van der Waals surface area contributed by atoms with Crippen LogP contribution in [0, 0.1) is 13.8 Å². The molecule has 0 unspecified atom stereocenters. The monoisotopic (exact) mass is 351 g/mol. The van der Waals surface area contributed by atoms with Gasteiger partial charge in [-0.15, -0.1) is 0 Å². The minimum atomic E-state index is 0.442. The first kappa shape index (κ1) is 18.0. The summed E-state index contributed by atoms with van der Waals surface area (Å²) in [4.78, 5) is 15.3. The molecule has 0 saturated heterocycles. The number of aromatic nitrogens is 2. The summed E-state index contributed by atoms with van der Waals surface area (Å²) in [7, 11) is 0. The molecule has 5 heteroatoms. The second-order valence-corrected chi connectivity index (χ2v) is 6.49. The third kappa shape index (κ3) is 4.23. The normalized spacial score (nSPS) is 10.8. The van der Waals surface area contributed by atoms with Crippen LogP contribution >= 0.6 is 0 Å². The molecule has 1 N–H and O–H groups in total. The number of fused-ring (bicyclic) bond motifs is 1. The predicted molar refractivity (Wildman–Crippen MR) is 103 cm³/mol. The van der Waals surface area contributed by atoms with Crippen molar-refractivity contribution in [3.8, 4) is 5.75 Å². The van der Waals surface area contributed by atoms with Gasteiger partial charge < -0.3 is 14.6 Å². The Kier molecular flexibility index (Phi) is 5.89. The van der Waals surface area contributed by atoms with Gasteiger partial charge in [0.15, 0.2) is 0 Å². The highest BCUT2D eigenvalue weighted by atomic mass is 16.5. The molecule has 1 heterocycles. The molecule has 1 amide bonds. The maximum Gasteiger partial charge on any atom is 0.207 e. The van der Waals surface area contributed by atoms with Crippen molar-refractivity contribution < 1.29 is 9.53 Å². The van der Waals surface area contributed by atoms with Crippen LogP contribution in [0.4, 0.5) is 0 Å². The number of rotatable bonds is 9. The lowest BCUT2D eigenvalue weighted by atomic mass is 10.1. The highest BCUT2D eigenvalue weighted by Gasteiger charge is 2.09. The van der Waals surface area contributed by atoms with E-state index in [0.29, 0.717) is 19.6 Å².